The largest absolute Gasteiger partial charge is 0.381 e. The fraction of sp³-hybridized carbons (Fsp3) is 0.214. The summed E-state index contributed by atoms with van der Waals surface area (Å²) in [4.78, 5) is 18.9. The number of carbonyl (C=O) groups is 1. The summed E-state index contributed by atoms with van der Waals surface area (Å²) in [6, 6.07) is 21.1. The van der Waals surface area contributed by atoms with E-state index >= 15 is 0 Å². The van der Waals surface area contributed by atoms with E-state index in [0.717, 1.165) is 5.56 Å². The van der Waals surface area contributed by atoms with Crippen molar-refractivity contribution >= 4 is 17.5 Å². The Morgan fingerprint density at radius 3 is 2.49 bits per heavy atom. The van der Waals surface area contributed by atoms with Crippen molar-refractivity contribution in [3.63, 3.8) is 0 Å². The summed E-state index contributed by atoms with van der Waals surface area (Å²) in [5.41, 5.74) is 1.07. The fourth-order valence-corrected chi connectivity index (χ4v) is 4.40. The number of carbonyl (C=O) groups excluding carboxylic acids is 1. The van der Waals surface area contributed by atoms with E-state index in [4.69, 9.17) is 11.6 Å². The lowest BCUT2D eigenvalue weighted by Crippen LogP contribution is -2.45. The monoisotopic (exact) mass is 491 g/mol. The van der Waals surface area contributed by atoms with Crippen molar-refractivity contribution < 1.29 is 14.3 Å². The van der Waals surface area contributed by atoms with Gasteiger partial charge in [0.25, 0.3) is 0 Å². The van der Waals surface area contributed by atoms with Crippen LogP contribution in [-0.4, -0.2) is 39.1 Å². The van der Waals surface area contributed by atoms with Gasteiger partial charge in [0.15, 0.2) is 0 Å². The predicted molar refractivity (Wildman–Crippen MR) is 135 cm³/mol. The van der Waals surface area contributed by atoms with Crippen LogP contribution < -0.4 is 0 Å². The molecule has 2 unspecified atom stereocenters. The minimum Gasteiger partial charge on any atom is -0.381 e. The van der Waals surface area contributed by atoms with Crippen molar-refractivity contribution in [1.82, 2.24) is 14.5 Å². The highest BCUT2D eigenvalue weighted by Crippen LogP contribution is 2.29. The molecule has 5 nitrogen and oxygen atoms in total. The van der Waals surface area contributed by atoms with Crippen LogP contribution in [0.15, 0.2) is 91.5 Å². The summed E-state index contributed by atoms with van der Waals surface area (Å²) >= 11 is 6.04. The van der Waals surface area contributed by atoms with Crippen LogP contribution in [0.1, 0.15) is 24.0 Å². The van der Waals surface area contributed by atoms with Crippen LogP contribution in [0.25, 0.3) is 11.1 Å². The number of aromatic nitrogens is 2. The van der Waals surface area contributed by atoms with E-state index in [9.17, 15) is 14.3 Å². The Labute approximate surface area is 209 Å². The van der Waals surface area contributed by atoms with Gasteiger partial charge in [-0.05, 0) is 41.8 Å². The van der Waals surface area contributed by atoms with Gasteiger partial charge < -0.3 is 14.6 Å². The predicted octanol–water partition coefficient (Wildman–Crippen LogP) is 5.49. The maximum Gasteiger partial charge on any atom is 0.229 e. The standard InChI is InChI=1S/C28H27ClFN3O2/c1-20(22-8-13-25(26(30)16-22)21-6-4-3-5-7-21)27(34)32(2)17-28(35,18-33-15-14-31-19-33)23-9-11-24(29)12-10-23/h3-16,19-20,35H,17-18H2,1-2H3. The molecule has 3 aromatic carbocycles. The first-order valence-electron chi connectivity index (χ1n) is 11.3. The molecule has 0 radical (unpaired) electrons. The summed E-state index contributed by atoms with van der Waals surface area (Å²) in [5, 5.41) is 12.2. The van der Waals surface area contributed by atoms with Gasteiger partial charge in [0.1, 0.15) is 11.4 Å². The number of hydrogen-bond donors (Lipinski definition) is 1. The lowest BCUT2D eigenvalue weighted by atomic mass is 9.91. The van der Waals surface area contributed by atoms with Crippen LogP contribution >= 0.6 is 11.6 Å². The molecule has 1 amide bonds. The summed E-state index contributed by atoms with van der Waals surface area (Å²) < 4.78 is 16.7. The molecule has 1 N–H and O–H groups in total. The zero-order chi connectivity index (χ0) is 25.0. The van der Waals surface area contributed by atoms with Crippen molar-refractivity contribution in [2.45, 2.75) is 25.0 Å². The first-order chi connectivity index (χ1) is 16.8. The zero-order valence-corrected chi connectivity index (χ0v) is 20.4. The molecular formula is C28H27ClFN3O2. The van der Waals surface area contributed by atoms with Gasteiger partial charge in [-0.2, -0.15) is 0 Å². The molecule has 0 aliphatic carbocycles. The third kappa shape index (κ3) is 5.61. The van der Waals surface area contributed by atoms with Crippen LogP contribution in [-0.2, 0) is 16.9 Å². The Bertz CT molecular complexity index is 1280. The van der Waals surface area contributed by atoms with Crippen molar-refractivity contribution in [3.8, 4) is 11.1 Å². The molecule has 35 heavy (non-hydrogen) atoms. The van der Waals surface area contributed by atoms with Crippen LogP contribution in [0, 0.1) is 5.82 Å². The van der Waals surface area contributed by atoms with Gasteiger partial charge in [-0.25, -0.2) is 9.37 Å². The first-order valence-corrected chi connectivity index (χ1v) is 11.7. The van der Waals surface area contributed by atoms with Gasteiger partial charge in [-0.3, -0.25) is 4.79 Å². The summed E-state index contributed by atoms with van der Waals surface area (Å²) in [7, 11) is 1.64. The number of imidazole rings is 1. The van der Waals surface area contributed by atoms with E-state index in [0.29, 0.717) is 21.7 Å². The second-order valence-corrected chi connectivity index (χ2v) is 9.23. The molecule has 0 saturated carbocycles. The Balaban J connectivity index is 1.55. The highest BCUT2D eigenvalue weighted by Gasteiger charge is 2.34. The van der Waals surface area contributed by atoms with Crippen molar-refractivity contribution in [2.75, 3.05) is 13.6 Å². The van der Waals surface area contributed by atoms with Crippen molar-refractivity contribution in [3.05, 3.63) is 113 Å². The van der Waals surface area contributed by atoms with E-state index in [1.165, 1.54) is 11.0 Å². The topological polar surface area (TPSA) is 58.4 Å². The zero-order valence-electron chi connectivity index (χ0n) is 19.6. The number of aliphatic hydroxyl groups is 1. The molecule has 0 fully saturated rings. The highest BCUT2D eigenvalue weighted by molar-refractivity contribution is 6.30. The minimum absolute atomic E-state index is 0.0283. The molecule has 180 valence electrons. The number of benzene rings is 3. The van der Waals surface area contributed by atoms with E-state index < -0.39 is 11.5 Å². The molecule has 0 aliphatic rings. The molecule has 1 heterocycles. The molecule has 2 atom stereocenters. The normalized spacial score (nSPS) is 13.7. The molecule has 1 aromatic heterocycles. The average Bonchev–Trinajstić information content (AvgIpc) is 3.36. The van der Waals surface area contributed by atoms with E-state index in [1.54, 1.807) is 73.7 Å². The Hall–Kier alpha value is -3.48. The molecule has 0 bridgehead atoms. The van der Waals surface area contributed by atoms with Crippen LogP contribution in [0.5, 0.6) is 0 Å². The summed E-state index contributed by atoms with van der Waals surface area (Å²) in [6.07, 6.45) is 5.00. The second kappa shape index (κ2) is 10.4. The molecule has 0 saturated heterocycles. The third-order valence-corrected chi connectivity index (χ3v) is 6.46. The van der Waals surface area contributed by atoms with E-state index in [1.807, 2.05) is 30.3 Å². The van der Waals surface area contributed by atoms with Gasteiger partial charge >= 0.3 is 0 Å². The van der Waals surface area contributed by atoms with Gasteiger partial charge in [-0.1, -0.05) is 66.2 Å². The highest BCUT2D eigenvalue weighted by atomic mass is 35.5. The van der Waals surface area contributed by atoms with Crippen LogP contribution in [0.4, 0.5) is 4.39 Å². The number of nitrogens with zero attached hydrogens (tertiary/aromatic N) is 3. The third-order valence-electron chi connectivity index (χ3n) is 6.21. The van der Waals surface area contributed by atoms with E-state index in [-0.39, 0.29) is 24.8 Å². The van der Waals surface area contributed by atoms with Gasteiger partial charge in [0.05, 0.1) is 25.3 Å². The smallest absolute Gasteiger partial charge is 0.229 e. The van der Waals surface area contributed by atoms with Gasteiger partial charge in [-0.15, -0.1) is 0 Å². The van der Waals surface area contributed by atoms with Crippen LogP contribution in [0.2, 0.25) is 5.02 Å². The fourth-order valence-electron chi connectivity index (χ4n) is 4.27. The number of hydrogen-bond acceptors (Lipinski definition) is 3. The summed E-state index contributed by atoms with van der Waals surface area (Å²) in [6.45, 7) is 1.97. The SMILES string of the molecule is CC(C(=O)N(C)CC(O)(Cn1ccnc1)c1ccc(Cl)cc1)c1ccc(-c2ccccc2)c(F)c1. The molecule has 0 aliphatic heterocycles. The van der Waals surface area contributed by atoms with Gasteiger partial charge in [0.2, 0.25) is 5.91 Å². The number of amides is 1. The van der Waals surface area contributed by atoms with Crippen molar-refractivity contribution in [2.24, 2.45) is 0 Å². The molecular weight excluding hydrogens is 465 g/mol. The lowest BCUT2D eigenvalue weighted by Gasteiger charge is -2.34. The van der Waals surface area contributed by atoms with Gasteiger partial charge in [0, 0.05) is 30.0 Å². The average molecular weight is 492 g/mol. The Morgan fingerprint density at radius 2 is 1.86 bits per heavy atom. The Kier molecular flexibility index (Phi) is 7.34. The van der Waals surface area contributed by atoms with Crippen LogP contribution in [0.3, 0.4) is 0 Å². The van der Waals surface area contributed by atoms with E-state index in [2.05, 4.69) is 4.98 Å². The molecule has 4 aromatic rings. The van der Waals surface area contributed by atoms with Crippen molar-refractivity contribution in [1.29, 1.82) is 0 Å². The maximum atomic E-state index is 14.9. The minimum atomic E-state index is -1.39. The number of rotatable bonds is 8. The second-order valence-electron chi connectivity index (χ2n) is 8.79. The quantitative estimate of drug-likeness (QED) is 0.354. The molecule has 0 spiro atoms. The Morgan fingerprint density at radius 1 is 1.14 bits per heavy atom. The number of halogens is 2. The first kappa shape index (κ1) is 24.6. The number of likely N-dealkylation sites (N-methyl/N-ethyl adjacent to an activating group) is 1. The summed E-state index contributed by atoms with van der Waals surface area (Å²) in [5.74, 6) is -1.20. The lowest BCUT2D eigenvalue weighted by molar-refractivity contribution is -0.135. The maximum absolute atomic E-state index is 14.9. The molecule has 7 heteroatoms. The molecule has 4 rings (SSSR count).